The molecule has 0 aliphatic rings. The van der Waals surface area contributed by atoms with Gasteiger partial charge in [0.2, 0.25) is 0 Å². The van der Waals surface area contributed by atoms with Crippen LogP contribution in [0.5, 0.6) is 0 Å². The Balaban J connectivity index is 1.98. The van der Waals surface area contributed by atoms with Gasteiger partial charge in [-0.25, -0.2) is 4.63 Å². The summed E-state index contributed by atoms with van der Waals surface area (Å²) in [6.07, 6.45) is 0. The van der Waals surface area contributed by atoms with Gasteiger partial charge in [-0.1, -0.05) is 30.3 Å². The molecule has 2 aromatic carbocycles. The molecular formula is C13H10N4O3. The topological polar surface area (TPSA) is 94.1 Å². The number of fused-ring (bicyclic) bond motifs is 1. The summed E-state index contributed by atoms with van der Waals surface area (Å²) in [5.74, 6) is 0. The highest BCUT2D eigenvalue weighted by molar-refractivity contribution is 5.92. The zero-order valence-electron chi connectivity index (χ0n) is 10.3. The Morgan fingerprint density at radius 1 is 1.15 bits per heavy atom. The summed E-state index contributed by atoms with van der Waals surface area (Å²) in [6.45, 7) is 0.452. The van der Waals surface area contributed by atoms with Gasteiger partial charge in [0.1, 0.15) is 11.2 Å². The number of nitrogens with one attached hydrogen (secondary N) is 1. The molecule has 3 rings (SSSR count). The quantitative estimate of drug-likeness (QED) is 0.578. The number of benzene rings is 2. The highest BCUT2D eigenvalue weighted by Gasteiger charge is 2.19. The van der Waals surface area contributed by atoms with E-state index in [1.165, 1.54) is 12.1 Å². The fraction of sp³-hybridized carbons (Fsp3) is 0.0769. The van der Waals surface area contributed by atoms with Crippen molar-refractivity contribution in [1.29, 1.82) is 0 Å². The van der Waals surface area contributed by atoms with Gasteiger partial charge in [-0.15, -0.1) is 0 Å². The van der Waals surface area contributed by atoms with E-state index in [1.54, 1.807) is 0 Å². The molecule has 20 heavy (non-hydrogen) atoms. The number of hydrogen-bond acceptors (Lipinski definition) is 6. The molecule has 0 saturated heterocycles. The largest absolute Gasteiger partial charge is 0.373 e. The monoisotopic (exact) mass is 270 g/mol. The first-order valence-corrected chi connectivity index (χ1v) is 5.93. The Bertz CT molecular complexity index is 755. The Morgan fingerprint density at radius 2 is 1.95 bits per heavy atom. The molecule has 1 heterocycles. The molecule has 0 saturated carbocycles. The van der Waals surface area contributed by atoms with E-state index in [-0.39, 0.29) is 5.69 Å². The molecule has 100 valence electrons. The SMILES string of the molecule is O=[N+]([O-])c1ccc2nonc2c1NCc1ccccc1. The zero-order chi connectivity index (χ0) is 13.9. The fourth-order valence-electron chi connectivity index (χ4n) is 1.95. The Kier molecular flexibility index (Phi) is 3.00. The van der Waals surface area contributed by atoms with Gasteiger partial charge in [-0.05, 0) is 21.9 Å². The van der Waals surface area contributed by atoms with E-state index in [0.29, 0.717) is 23.3 Å². The molecule has 0 bridgehead atoms. The van der Waals surface area contributed by atoms with Crippen molar-refractivity contribution in [2.24, 2.45) is 0 Å². The van der Waals surface area contributed by atoms with E-state index in [2.05, 4.69) is 20.3 Å². The lowest BCUT2D eigenvalue weighted by Gasteiger charge is -2.07. The van der Waals surface area contributed by atoms with Crippen LogP contribution in [0, 0.1) is 10.1 Å². The summed E-state index contributed by atoms with van der Waals surface area (Å²) < 4.78 is 4.63. The molecule has 0 radical (unpaired) electrons. The number of anilines is 1. The third-order valence-corrected chi connectivity index (χ3v) is 2.91. The summed E-state index contributed by atoms with van der Waals surface area (Å²) in [5.41, 5.74) is 2.11. The van der Waals surface area contributed by atoms with Crippen LogP contribution in [0.4, 0.5) is 11.4 Å². The van der Waals surface area contributed by atoms with E-state index in [4.69, 9.17) is 0 Å². The van der Waals surface area contributed by atoms with Gasteiger partial charge < -0.3 is 5.32 Å². The van der Waals surface area contributed by atoms with Crippen LogP contribution in [0.15, 0.2) is 47.1 Å². The molecule has 0 aliphatic carbocycles. The first-order valence-electron chi connectivity index (χ1n) is 5.93. The van der Waals surface area contributed by atoms with Gasteiger partial charge in [0.25, 0.3) is 5.69 Å². The second kappa shape index (κ2) is 4.96. The minimum atomic E-state index is -0.457. The lowest BCUT2D eigenvalue weighted by atomic mass is 10.2. The number of nitro groups is 1. The maximum Gasteiger partial charge on any atom is 0.294 e. The van der Waals surface area contributed by atoms with Crippen LogP contribution in [0.2, 0.25) is 0 Å². The van der Waals surface area contributed by atoms with E-state index < -0.39 is 4.92 Å². The van der Waals surface area contributed by atoms with Crippen LogP contribution in [0.1, 0.15) is 5.56 Å². The lowest BCUT2D eigenvalue weighted by molar-refractivity contribution is -0.383. The zero-order valence-corrected chi connectivity index (χ0v) is 10.3. The highest BCUT2D eigenvalue weighted by Crippen LogP contribution is 2.31. The normalized spacial score (nSPS) is 10.6. The Hall–Kier alpha value is -2.96. The van der Waals surface area contributed by atoms with Gasteiger partial charge in [0, 0.05) is 12.6 Å². The summed E-state index contributed by atoms with van der Waals surface area (Å²) in [7, 11) is 0. The maximum atomic E-state index is 11.1. The second-order valence-electron chi connectivity index (χ2n) is 4.19. The average Bonchev–Trinajstić information content (AvgIpc) is 2.94. The average molecular weight is 270 g/mol. The predicted molar refractivity (Wildman–Crippen MR) is 72.2 cm³/mol. The predicted octanol–water partition coefficient (Wildman–Crippen LogP) is 2.74. The van der Waals surface area contributed by atoms with Crippen molar-refractivity contribution in [2.75, 3.05) is 5.32 Å². The standard InChI is InChI=1S/C13H10N4O3/c18-17(19)11-7-6-10-12(16-20-15-10)13(11)14-8-9-4-2-1-3-5-9/h1-7,14H,8H2. The molecule has 7 nitrogen and oxygen atoms in total. The smallest absolute Gasteiger partial charge is 0.294 e. The Morgan fingerprint density at radius 3 is 2.70 bits per heavy atom. The van der Waals surface area contributed by atoms with E-state index in [9.17, 15) is 10.1 Å². The van der Waals surface area contributed by atoms with Crippen LogP contribution < -0.4 is 5.32 Å². The molecule has 1 N–H and O–H groups in total. The third-order valence-electron chi connectivity index (χ3n) is 2.91. The second-order valence-corrected chi connectivity index (χ2v) is 4.19. The number of rotatable bonds is 4. The van der Waals surface area contributed by atoms with Crippen LogP contribution >= 0.6 is 0 Å². The van der Waals surface area contributed by atoms with Crippen molar-refractivity contribution in [3.8, 4) is 0 Å². The minimum absolute atomic E-state index is 0.0517. The number of hydrogen-bond donors (Lipinski definition) is 1. The molecular weight excluding hydrogens is 260 g/mol. The van der Waals surface area contributed by atoms with E-state index in [0.717, 1.165) is 5.56 Å². The first-order chi connectivity index (χ1) is 9.75. The Labute approximate surface area is 113 Å². The van der Waals surface area contributed by atoms with Crippen LogP contribution in [0.3, 0.4) is 0 Å². The molecule has 7 heteroatoms. The van der Waals surface area contributed by atoms with Crippen molar-refractivity contribution in [3.05, 3.63) is 58.1 Å². The van der Waals surface area contributed by atoms with Gasteiger partial charge in [0.15, 0.2) is 5.52 Å². The number of aromatic nitrogens is 2. The summed E-state index contributed by atoms with van der Waals surface area (Å²) in [6, 6.07) is 12.5. The minimum Gasteiger partial charge on any atom is -0.373 e. The van der Waals surface area contributed by atoms with Crippen molar-refractivity contribution in [3.63, 3.8) is 0 Å². The van der Waals surface area contributed by atoms with Gasteiger partial charge >= 0.3 is 0 Å². The van der Waals surface area contributed by atoms with E-state index >= 15 is 0 Å². The van der Waals surface area contributed by atoms with E-state index in [1.807, 2.05) is 30.3 Å². The molecule has 1 aromatic heterocycles. The fourth-order valence-corrected chi connectivity index (χ4v) is 1.95. The van der Waals surface area contributed by atoms with Gasteiger partial charge in [0.05, 0.1) is 4.92 Å². The van der Waals surface area contributed by atoms with Crippen molar-refractivity contribution in [2.45, 2.75) is 6.54 Å². The number of nitrogens with zero attached hydrogens (tertiary/aromatic N) is 3. The van der Waals surface area contributed by atoms with Crippen LogP contribution in [-0.4, -0.2) is 15.2 Å². The van der Waals surface area contributed by atoms with Crippen molar-refractivity contribution < 1.29 is 9.55 Å². The molecule has 0 amide bonds. The molecule has 0 spiro atoms. The van der Waals surface area contributed by atoms with Crippen molar-refractivity contribution in [1.82, 2.24) is 10.3 Å². The summed E-state index contributed by atoms with van der Waals surface area (Å²) in [4.78, 5) is 10.6. The first kappa shape index (κ1) is 12.1. The van der Waals surface area contributed by atoms with Crippen LogP contribution in [0.25, 0.3) is 11.0 Å². The van der Waals surface area contributed by atoms with Gasteiger partial charge in [-0.3, -0.25) is 10.1 Å². The molecule has 3 aromatic rings. The molecule has 0 unspecified atom stereocenters. The third kappa shape index (κ3) is 2.16. The molecule has 0 aliphatic heterocycles. The molecule has 0 fully saturated rings. The van der Waals surface area contributed by atoms with Crippen LogP contribution in [-0.2, 0) is 6.54 Å². The molecule has 0 atom stereocenters. The summed E-state index contributed by atoms with van der Waals surface area (Å²) >= 11 is 0. The highest BCUT2D eigenvalue weighted by atomic mass is 16.6. The summed E-state index contributed by atoms with van der Waals surface area (Å²) in [5, 5.41) is 21.5. The van der Waals surface area contributed by atoms with Gasteiger partial charge in [-0.2, -0.15) is 0 Å². The lowest BCUT2D eigenvalue weighted by Crippen LogP contribution is -2.03. The van der Waals surface area contributed by atoms with Crippen molar-refractivity contribution >= 4 is 22.4 Å². The number of nitro benzene ring substituents is 1. The maximum absolute atomic E-state index is 11.1.